The van der Waals surface area contributed by atoms with E-state index in [2.05, 4.69) is 5.10 Å². The molecule has 1 aromatic heterocycles. The van der Waals surface area contributed by atoms with Gasteiger partial charge in [-0.25, -0.2) is 9.48 Å². The van der Waals surface area contributed by atoms with Gasteiger partial charge in [-0.1, -0.05) is 23.7 Å². The van der Waals surface area contributed by atoms with Gasteiger partial charge in [-0.15, -0.1) is 0 Å². The molecule has 10 heteroatoms. The van der Waals surface area contributed by atoms with Crippen molar-refractivity contribution in [3.8, 4) is 5.69 Å². The number of nitrogens with zero attached hydrogens (tertiary/aromatic N) is 4. The Bertz CT molecular complexity index is 1330. The van der Waals surface area contributed by atoms with Gasteiger partial charge in [-0.05, 0) is 48.7 Å². The highest BCUT2D eigenvalue weighted by Crippen LogP contribution is 2.31. The Morgan fingerprint density at radius 1 is 1.03 bits per heavy atom. The minimum Gasteiger partial charge on any atom is -0.476 e. The number of carboxylic acid groups (broad SMARTS) is 1. The minimum atomic E-state index is -1.21. The number of carboxylic acids is 1. The maximum absolute atomic E-state index is 13.7. The molecule has 2 aliphatic heterocycles. The van der Waals surface area contributed by atoms with Crippen molar-refractivity contribution in [2.75, 3.05) is 31.1 Å². The largest absolute Gasteiger partial charge is 0.476 e. The normalized spacial score (nSPS) is 15.4. The number of benzene rings is 2. The summed E-state index contributed by atoms with van der Waals surface area (Å²) in [5.41, 5.74) is 2.80. The van der Waals surface area contributed by atoms with E-state index >= 15 is 0 Å². The Labute approximate surface area is 199 Å². The number of hydrogen-bond donors (Lipinski definition) is 2. The molecule has 5 rings (SSSR count). The Balaban J connectivity index is 1.57. The summed E-state index contributed by atoms with van der Waals surface area (Å²) >= 11 is 6.12. The summed E-state index contributed by atoms with van der Waals surface area (Å²) in [4.78, 5) is 41.5. The molecule has 0 fully saturated rings. The third kappa shape index (κ3) is 3.63. The summed E-state index contributed by atoms with van der Waals surface area (Å²) in [6, 6.07) is 12.0. The molecule has 2 amide bonds. The minimum absolute atomic E-state index is 0.118. The summed E-state index contributed by atoms with van der Waals surface area (Å²) < 4.78 is 1.33. The van der Waals surface area contributed by atoms with Gasteiger partial charge in [0.1, 0.15) is 5.69 Å². The van der Waals surface area contributed by atoms with Crippen molar-refractivity contribution in [3.63, 3.8) is 0 Å². The van der Waals surface area contributed by atoms with Crippen LogP contribution in [0.1, 0.15) is 42.5 Å². The van der Waals surface area contributed by atoms with Crippen LogP contribution in [0.2, 0.25) is 5.02 Å². The molecule has 0 atom stereocenters. The van der Waals surface area contributed by atoms with E-state index in [0.717, 1.165) is 5.56 Å². The molecule has 0 spiro atoms. The highest BCUT2D eigenvalue weighted by atomic mass is 35.5. The molecular formula is C24H21ClN4O5. The molecule has 3 heterocycles. The third-order valence-electron chi connectivity index (χ3n) is 6.22. The number of halogens is 1. The number of aliphatic hydroxyl groups excluding tert-OH is 1. The molecule has 34 heavy (non-hydrogen) atoms. The summed E-state index contributed by atoms with van der Waals surface area (Å²) in [6.07, 6.45) is 0.966. The summed E-state index contributed by atoms with van der Waals surface area (Å²) in [5, 5.41) is 23.6. The van der Waals surface area contributed by atoms with Gasteiger partial charge in [0.25, 0.3) is 11.8 Å². The van der Waals surface area contributed by atoms with E-state index in [1.165, 1.54) is 9.58 Å². The highest BCUT2D eigenvalue weighted by Gasteiger charge is 2.36. The zero-order valence-corrected chi connectivity index (χ0v) is 18.8. The molecule has 2 aromatic carbocycles. The lowest BCUT2D eigenvalue weighted by Crippen LogP contribution is -2.41. The van der Waals surface area contributed by atoms with E-state index in [4.69, 9.17) is 11.6 Å². The van der Waals surface area contributed by atoms with Crippen LogP contribution < -0.4 is 4.90 Å². The second-order valence-corrected chi connectivity index (χ2v) is 8.62. The molecule has 0 saturated carbocycles. The molecule has 2 aliphatic rings. The van der Waals surface area contributed by atoms with Gasteiger partial charge in [-0.3, -0.25) is 9.59 Å². The molecule has 3 aromatic rings. The number of fused-ring (bicyclic) bond motifs is 2. The van der Waals surface area contributed by atoms with Crippen molar-refractivity contribution in [2.24, 2.45) is 0 Å². The smallest absolute Gasteiger partial charge is 0.356 e. The van der Waals surface area contributed by atoms with Crippen molar-refractivity contribution in [1.29, 1.82) is 0 Å². The number of hydrogen-bond acceptors (Lipinski definition) is 5. The van der Waals surface area contributed by atoms with Gasteiger partial charge < -0.3 is 20.0 Å². The molecule has 0 saturated heterocycles. The Morgan fingerprint density at radius 2 is 1.85 bits per heavy atom. The first-order chi connectivity index (χ1) is 16.4. The number of β-amino-alcohol motifs (C(OH)–C–C–N with tert-alkyl or cyclic N) is 1. The van der Waals surface area contributed by atoms with E-state index in [-0.39, 0.29) is 37.0 Å². The second kappa shape index (κ2) is 8.58. The van der Waals surface area contributed by atoms with Crippen molar-refractivity contribution < 1.29 is 24.6 Å². The fourth-order valence-corrected chi connectivity index (χ4v) is 4.77. The lowest BCUT2D eigenvalue weighted by molar-refractivity contribution is 0.0685. The lowest BCUT2D eigenvalue weighted by atomic mass is 9.96. The number of aromatic carboxylic acids is 1. The van der Waals surface area contributed by atoms with Crippen LogP contribution in [0.4, 0.5) is 5.69 Å². The number of amides is 2. The standard InChI is InChI=1S/C24H21ClN4O5/c25-15-2-1-3-17(12-15)29-21-18(20(26-29)24(33)34)7-9-28(23(21)32)16-5-4-14-6-8-27(10-11-30)22(31)19(14)13-16/h1-5,12-13,30H,6-11H2,(H,33,34). The zero-order chi connectivity index (χ0) is 24.0. The van der Waals surface area contributed by atoms with Crippen LogP contribution in [0.5, 0.6) is 0 Å². The average Bonchev–Trinajstić information content (AvgIpc) is 3.22. The van der Waals surface area contributed by atoms with E-state index in [1.807, 2.05) is 6.07 Å². The maximum atomic E-state index is 13.7. The van der Waals surface area contributed by atoms with Crippen LogP contribution in [0.15, 0.2) is 42.5 Å². The summed E-state index contributed by atoms with van der Waals surface area (Å²) in [7, 11) is 0. The predicted molar refractivity (Wildman–Crippen MR) is 124 cm³/mol. The molecule has 0 radical (unpaired) electrons. The monoisotopic (exact) mass is 480 g/mol. The van der Waals surface area contributed by atoms with Gasteiger partial charge in [-0.2, -0.15) is 5.10 Å². The molecule has 0 bridgehead atoms. The average molecular weight is 481 g/mol. The van der Waals surface area contributed by atoms with Gasteiger partial charge in [0.2, 0.25) is 0 Å². The number of carbonyl (C=O) groups excluding carboxylic acids is 2. The number of carbonyl (C=O) groups is 3. The number of anilines is 1. The first-order valence-electron chi connectivity index (χ1n) is 10.8. The summed E-state index contributed by atoms with van der Waals surface area (Å²) in [5.74, 6) is -1.79. The Kier molecular flexibility index (Phi) is 5.59. The van der Waals surface area contributed by atoms with Crippen molar-refractivity contribution >= 4 is 35.1 Å². The number of aromatic nitrogens is 2. The quantitative estimate of drug-likeness (QED) is 0.579. The Hall–Kier alpha value is -3.69. The van der Waals surface area contributed by atoms with Crippen LogP contribution >= 0.6 is 11.6 Å². The molecule has 2 N–H and O–H groups in total. The van der Waals surface area contributed by atoms with Crippen LogP contribution in [0.3, 0.4) is 0 Å². The second-order valence-electron chi connectivity index (χ2n) is 8.19. The first-order valence-corrected chi connectivity index (χ1v) is 11.2. The molecule has 0 unspecified atom stereocenters. The fourth-order valence-electron chi connectivity index (χ4n) is 4.58. The molecule has 9 nitrogen and oxygen atoms in total. The van der Waals surface area contributed by atoms with Crippen LogP contribution in [-0.2, 0) is 12.8 Å². The van der Waals surface area contributed by atoms with E-state index in [0.29, 0.717) is 46.9 Å². The predicted octanol–water partition coefficient (Wildman–Crippen LogP) is 2.42. The SMILES string of the molecule is O=C(O)c1nn(-c2cccc(Cl)c2)c2c1CCN(c1ccc3c(c1)C(=O)N(CCO)CC3)C2=O. The first kappa shape index (κ1) is 22.1. The van der Waals surface area contributed by atoms with Crippen molar-refractivity contribution in [3.05, 3.63) is 75.6 Å². The number of aliphatic hydroxyl groups is 1. The molecule has 174 valence electrons. The molecule has 0 aliphatic carbocycles. The Morgan fingerprint density at radius 3 is 2.59 bits per heavy atom. The van der Waals surface area contributed by atoms with Gasteiger partial charge >= 0.3 is 5.97 Å². The van der Waals surface area contributed by atoms with Gasteiger partial charge in [0.15, 0.2) is 5.69 Å². The van der Waals surface area contributed by atoms with E-state index in [9.17, 15) is 24.6 Å². The molecular weight excluding hydrogens is 460 g/mol. The van der Waals surface area contributed by atoms with Gasteiger partial charge in [0.05, 0.1) is 12.3 Å². The van der Waals surface area contributed by atoms with Gasteiger partial charge in [0, 0.05) is 41.5 Å². The van der Waals surface area contributed by atoms with E-state index in [1.54, 1.807) is 41.3 Å². The van der Waals surface area contributed by atoms with Crippen LogP contribution in [-0.4, -0.2) is 68.9 Å². The highest BCUT2D eigenvalue weighted by molar-refractivity contribution is 6.30. The maximum Gasteiger partial charge on any atom is 0.356 e. The topological polar surface area (TPSA) is 116 Å². The summed E-state index contributed by atoms with van der Waals surface area (Å²) in [6.45, 7) is 0.925. The third-order valence-corrected chi connectivity index (χ3v) is 6.45. The van der Waals surface area contributed by atoms with Crippen molar-refractivity contribution in [1.82, 2.24) is 14.7 Å². The van der Waals surface area contributed by atoms with E-state index < -0.39 is 11.9 Å². The van der Waals surface area contributed by atoms with Crippen LogP contribution in [0, 0.1) is 0 Å². The lowest BCUT2D eigenvalue weighted by Gasteiger charge is -2.31. The number of rotatable bonds is 5. The fraction of sp³-hybridized carbons (Fsp3) is 0.250. The van der Waals surface area contributed by atoms with Crippen molar-refractivity contribution in [2.45, 2.75) is 12.8 Å². The zero-order valence-electron chi connectivity index (χ0n) is 18.1. The van der Waals surface area contributed by atoms with Crippen LogP contribution in [0.25, 0.3) is 5.69 Å².